The summed E-state index contributed by atoms with van der Waals surface area (Å²) >= 11 is 0. The standard InChI is InChI=1S/C16H17NO3/c17-14-10-4-9-13(15(14)18)16(19)20-11-5-8-12-6-2-1-3-7-12/h1-4,6-7,9-10,18H,5,8,11,17H2. The molecule has 0 amide bonds. The zero-order valence-electron chi connectivity index (χ0n) is 11.1. The summed E-state index contributed by atoms with van der Waals surface area (Å²) in [6.07, 6.45) is 1.58. The lowest BCUT2D eigenvalue weighted by molar-refractivity contribution is 0.0497. The second-order valence-corrected chi connectivity index (χ2v) is 4.47. The molecule has 0 radical (unpaired) electrons. The molecular weight excluding hydrogens is 254 g/mol. The number of ether oxygens (including phenoxy) is 1. The number of hydrogen-bond donors (Lipinski definition) is 2. The summed E-state index contributed by atoms with van der Waals surface area (Å²) < 4.78 is 5.13. The van der Waals surface area contributed by atoms with E-state index in [1.54, 1.807) is 6.07 Å². The number of phenolic OH excluding ortho intramolecular Hbond substituents is 1. The summed E-state index contributed by atoms with van der Waals surface area (Å²) in [6, 6.07) is 14.6. The van der Waals surface area contributed by atoms with Crippen molar-refractivity contribution in [3.8, 4) is 5.75 Å². The molecule has 104 valence electrons. The molecule has 4 nitrogen and oxygen atoms in total. The summed E-state index contributed by atoms with van der Waals surface area (Å²) in [7, 11) is 0. The number of para-hydroxylation sites is 1. The summed E-state index contributed by atoms with van der Waals surface area (Å²) in [6.45, 7) is 0.308. The van der Waals surface area contributed by atoms with E-state index in [1.165, 1.54) is 17.7 Å². The Morgan fingerprint density at radius 3 is 2.60 bits per heavy atom. The Hall–Kier alpha value is -2.49. The van der Waals surface area contributed by atoms with Gasteiger partial charge in [-0.1, -0.05) is 36.4 Å². The normalized spacial score (nSPS) is 10.2. The van der Waals surface area contributed by atoms with Crippen molar-refractivity contribution in [2.45, 2.75) is 12.8 Å². The van der Waals surface area contributed by atoms with Crippen LogP contribution in [0.1, 0.15) is 22.3 Å². The maximum absolute atomic E-state index is 11.8. The van der Waals surface area contributed by atoms with Crippen molar-refractivity contribution in [1.29, 1.82) is 0 Å². The minimum atomic E-state index is -0.553. The van der Waals surface area contributed by atoms with Gasteiger partial charge in [-0.2, -0.15) is 0 Å². The van der Waals surface area contributed by atoms with Gasteiger partial charge in [-0.3, -0.25) is 0 Å². The lowest BCUT2D eigenvalue weighted by Crippen LogP contribution is -2.08. The average molecular weight is 271 g/mol. The molecule has 2 aromatic carbocycles. The number of anilines is 1. The summed E-state index contributed by atoms with van der Waals surface area (Å²) in [5.74, 6) is -0.775. The van der Waals surface area contributed by atoms with Crippen LogP contribution in [0.4, 0.5) is 5.69 Å². The van der Waals surface area contributed by atoms with Gasteiger partial charge < -0.3 is 15.6 Å². The molecule has 0 atom stereocenters. The third-order valence-corrected chi connectivity index (χ3v) is 2.97. The van der Waals surface area contributed by atoms with Crippen molar-refractivity contribution in [3.63, 3.8) is 0 Å². The molecule has 0 fully saturated rings. The predicted octanol–water partition coefficient (Wildman–Crippen LogP) is 2.76. The van der Waals surface area contributed by atoms with Gasteiger partial charge in [-0.05, 0) is 30.5 Å². The first-order valence-corrected chi connectivity index (χ1v) is 6.47. The molecule has 0 heterocycles. The molecule has 0 spiro atoms. The number of carbonyl (C=O) groups excluding carboxylic acids is 1. The fourth-order valence-electron chi connectivity index (χ4n) is 1.89. The van der Waals surface area contributed by atoms with Crippen molar-refractivity contribution >= 4 is 11.7 Å². The Morgan fingerprint density at radius 2 is 1.85 bits per heavy atom. The number of aryl methyl sites for hydroxylation is 1. The molecule has 0 unspecified atom stereocenters. The van der Waals surface area contributed by atoms with Crippen LogP contribution >= 0.6 is 0 Å². The molecular formula is C16H17NO3. The number of esters is 1. The zero-order valence-corrected chi connectivity index (χ0v) is 11.1. The van der Waals surface area contributed by atoms with Crippen molar-refractivity contribution < 1.29 is 14.6 Å². The summed E-state index contributed by atoms with van der Waals surface area (Å²) in [4.78, 5) is 11.8. The maximum Gasteiger partial charge on any atom is 0.341 e. The lowest BCUT2D eigenvalue weighted by Gasteiger charge is -2.07. The van der Waals surface area contributed by atoms with Crippen molar-refractivity contribution in [2.24, 2.45) is 0 Å². The van der Waals surface area contributed by atoms with Gasteiger partial charge >= 0.3 is 5.97 Å². The second-order valence-electron chi connectivity index (χ2n) is 4.47. The molecule has 4 heteroatoms. The highest BCUT2D eigenvalue weighted by atomic mass is 16.5. The zero-order chi connectivity index (χ0) is 14.4. The molecule has 0 saturated carbocycles. The van der Waals surface area contributed by atoms with E-state index in [0.29, 0.717) is 6.61 Å². The van der Waals surface area contributed by atoms with Gasteiger partial charge in [-0.25, -0.2) is 4.79 Å². The SMILES string of the molecule is Nc1cccc(C(=O)OCCCc2ccccc2)c1O. The van der Waals surface area contributed by atoms with E-state index >= 15 is 0 Å². The van der Waals surface area contributed by atoms with E-state index < -0.39 is 5.97 Å². The van der Waals surface area contributed by atoms with Crippen LogP contribution in [-0.2, 0) is 11.2 Å². The molecule has 0 aliphatic carbocycles. The van der Waals surface area contributed by atoms with Crippen LogP contribution in [-0.4, -0.2) is 17.7 Å². The maximum atomic E-state index is 11.8. The van der Waals surface area contributed by atoms with Crippen LogP contribution in [0.25, 0.3) is 0 Å². The van der Waals surface area contributed by atoms with E-state index in [4.69, 9.17) is 10.5 Å². The van der Waals surface area contributed by atoms with Gasteiger partial charge in [0, 0.05) is 0 Å². The van der Waals surface area contributed by atoms with Crippen molar-refractivity contribution in [1.82, 2.24) is 0 Å². The highest BCUT2D eigenvalue weighted by molar-refractivity contribution is 5.94. The van der Waals surface area contributed by atoms with Crippen LogP contribution in [0.3, 0.4) is 0 Å². The third-order valence-electron chi connectivity index (χ3n) is 2.97. The van der Waals surface area contributed by atoms with Gasteiger partial charge in [0.1, 0.15) is 5.56 Å². The monoisotopic (exact) mass is 271 g/mol. The minimum Gasteiger partial charge on any atom is -0.505 e. The highest BCUT2D eigenvalue weighted by Gasteiger charge is 2.13. The lowest BCUT2D eigenvalue weighted by atomic mass is 10.1. The average Bonchev–Trinajstić information content (AvgIpc) is 2.47. The number of benzene rings is 2. The minimum absolute atomic E-state index is 0.102. The molecule has 0 aliphatic heterocycles. The van der Waals surface area contributed by atoms with Crippen molar-refractivity contribution in [3.05, 3.63) is 59.7 Å². The van der Waals surface area contributed by atoms with Gasteiger partial charge in [0.2, 0.25) is 0 Å². The van der Waals surface area contributed by atoms with E-state index in [-0.39, 0.29) is 17.0 Å². The van der Waals surface area contributed by atoms with Gasteiger partial charge in [0.15, 0.2) is 5.75 Å². The summed E-state index contributed by atoms with van der Waals surface area (Å²) in [5.41, 5.74) is 7.01. The number of aromatic hydroxyl groups is 1. The van der Waals surface area contributed by atoms with Crippen LogP contribution in [0.5, 0.6) is 5.75 Å². The van der Waals surface area contributed by atoms with Gasteiger partial charge in [0.25, 0.3) is 0 Å². The molecule has 0 saturated heterocycles. The van der Waals surface area contributed by atoms with Crippen LogP contribution in [0.2, 0.25) is 0 Å². The number of hydrogen-bond acceptors (Lipinski definition) is 4. The van der Waals surface area contributed by atoms with Crippen LogP contribution in [0, 0.1) is 0 Å². The summed E-state index contributed by atoms with van der Waals surface area (Å²) in [5, 5.41) is 9.68. The van der Waals surface area contributed by atoms with Crippen LogP contribution in [0.15, 0.2) is 48.5 Å². The second kappa shape index (κ2) is 6.61. The molecule has 20 heavy (non-hydrogen) atoms. The topological polar surface area (TPSA) is 72.6 Å². The number of phenols is 1. The van der Waals surface area contributed by atoms with Crippen LogP contribution < -0.4 is 5.73 Å². The van der Waals surface area contributed by atoms with E-state index in [9.17, 15) is 9.90 Å². The van der Waals surface area contributed by atoms with E-state index in [1.807, 2.05) is 30.3 Å². The first-order chi connectivity index (χ1) is 9.68. The number of nitrogens with two attached hydrogens (primary N) is 1. The molecule has 0 bridgehead atoms. The highest BCUT2D eigenvalue weighted by Crippen LogP contribution is 2.24. The number of nitrogen functional groups attached to an aromatic ring is 1. The fraction of sp³-hybridized carbons (Fsp3) is 0.188. The Bertz CT molecular complexity index is 582. The van der Waals surface area contributed by atoms with Gasteiger partial charge in [-0.15, -0.1) is 0 Å². The number of rotatable bonds is 5. The first-order valence-electron chi connectivity index (χ1n) is 6.47. The number of carbonyl (C=O) groups is 1. The Labute approximate surface area is 117 Å². The Kier molecular flexibility index (Phi) is 4.60. The molecule has 2 rings (SSSR count). The largest absolute Gasteiger partial charge is 0.505 e. The predicted molar refractivity (Wildman–Crippen MR) is 77.6 cm³/mol. The van der Waals surface area contributed by atoms with Crippen molar-refractivity contribution in [2.75, 3.05) is 12.3 Å². The smallest absolute Gasteiger partial charge is 0.341 e. The fourth-order valence-corrected chi connectivity index (χ4v) is 1.89. The molecule has 2 aromatic rings. The van der Waals surface area contributed by atoms with Gasteiger partial charge in [0.05, 0.1) is 12.3 Å². The molecule has 0 aromatic heterocycles. The molecule has 0 aliphatic rings. The Balaban J connectivity index is 1.82. The third kappa shape index (κ3) is 3.51. The Morgan fingerprint density at radius 1 is 1.10 bits per heavy atom. The molecule has 3 N–H and O–H groups in total. The quantitative estimate of drug-likeness (QED) is 0.379. The first kappa shape index (κ1) is 13.9. The van der Waals surface area contributed by atoms with E-state index in [0.717, 1.165) is 12.8 Å². The van der Waals surface area contributed by atoms with E-state index in [2.05, 4.69) is 0 Å².